The molecule has 0 aromatic carbocycles. The Balaban J connectivity index is 1.95. The summed E-state index contributed by atoms with van der Waals surface area (Å²) in [6, 6.07) is 1.92. The molecule has 10 heteroatoms. The largest absolute Gasteiger partial charge is 0.383 e. The van der Waals surface area contributed by atoms with Gasteiger partial charge in [-0.2, -0.15) is 0 Å². The molecule has 2 N–H and O–H groups in total. The molecule has 2 heterocycles. The lowest BCUT2D eigenvalue weighted by atomic mass is 10.2. The number of Topliss-reactive ketones (excluding diaryl/α,β-unsaturated/α-hetero) is 1. The zero-order valence-electron chi connectivity index (χ0n) is 14.3. The first kappa shape index (κ1) is 20.0. The van der Waals surface area contributed by atoms with Gasteiger partial charge in [0.05, 0.1) is 18.1 Å². The number of aromatic nitrogens is 3. The van der Waals surface area contributed by atoms with Crippen molar-refractivity contribution < 1.29 is 14.3 Å². The van der Waals surface area contributed by atoms with Gasteiger partial charge in [-0.15, -0.1) is 10.2 Å². The molecule has 0 atom stereocenters. The number of ketones is 1. The lowest BCUT2D eigenvalue weighted by Crippen LogP contribution is -2.12. The van der Waals surface area contributed by atoms with Crippen LogP contribution in [0.2, 0.25) is 0 Å². The molecule has 0 radical (unpaired) electrons. The molecule has 0 saturated carbocycles. The fourth-order valence-corrected chi connectivity index (χ4v) is 4.90. The van der Waals surface area contributed by atoms with Gasteiger partial charge < -0.3 is 15.0 Å². The lowest BCUT2D eigenvalue weighted by molar-refractivity contribution is -0.115. The van der Waals surface area contributed by atoms with E-state index >= 15 is 0 Å². The summed E-state index contributed by atoms with van der Waals surface area (Å²) in [5, 5.41) is 8.01. The third-order valence-electron chi connectivity index (χ3n) is 3.45. The fraction of sp³-hybridized carbons (Fsp3) is 0.467. The lowest BCUT2D eigenvalue weighted by Gasteiger charge is -2.08. The maximum absolute atomic E-state index is 12.5. The van der Waals surface area contributed by atoms with Crippen molar-refractivity contribution in [1.82, 2.24) is 14.8 Å². The van der Waals surface area contributed by atoms with Crippen LogP contribution in [0.15, 0.2) is 14.7 Å². The van der Waals surface area contributed by atoms with Crippen molar-refractivity contribution in [3.63, 3.8) is 0 Å². The zero-order valence-corrected chi connectivity index (χ0v) is 16.7. The molecule has 2 rings (SSSR count). The van der Waals surface area contributed by atoms with Crippen molar-refractivity contribution in [2.24, 2.45) is 5.73 Å². The van der Waals surface area contributed by atoms with E-state index < -0.39 is 5.91 Å². The van der Waals surface area contributed by atoms with Crippen LogP contribution in [-0.4, -0.2) is 51.7 Å². The van der Waals surface area contributed by atoms with Crippen LogP contribution in [0.3, 0.4) is 0 Å². The number of nitrogens with zero attached hydrogens (tertiary/aromatic N) is 3. The van der Waals surface area contributed by atoms with E-state index in [2.05, 4.69) is 14.8 Å². The number of rotatable bonds is 10. The number of carbonyl (C=O) groups excluding carboxylic acids is 2. The van der Waals surface area contributed by atoms with Crippen molar-refractivity contribution in [3.05, 3.63) is 23.0 Å². The van der Waals surface area contributed by atoms with Crippen molar-refractivity contribution in [3.8, 4) is 0 Å². The number of primary amides is 1. The number of methoxy groups -OCH3 is 1. The van der Waals surface area contributed by atoms with Gasteiger partial charge in [-0.3, -0.25) is 9.59 Å². The van der Waals surface area contributed by atoms with Crippen LogP contribution in [-0.2, 0) is 16.1 Å². The van der Waals surface area contributed by atoms with Gasteiger partial charge in [0.2, 0.25) is 5.91 Å². The Hall–Kier alpha value is -1.36. The van der Waals surface area contributed by atoms with Gasteiger partial charge in [0.15, 0.2) is 14.5 Å². The van der Waals surface area contributed by atoms with E-state index in [1.165, 1.54) is 34.9 Å². The maximum atomic E-state index is 12.5. The average molecular weight is 401 g/mol. The number of hydrogen-bond acceptors (Lipinski definition) is 8. The minimum atomic E-state index is -0.395. The van der Waals surface area contributed by atoms with Gasteiger partial charge in [-0.1, -0.05) is 34.9 Å². The second-order valence-corrected chi connectivity index (χ2v) is 8.65. The van der Waals surface area contributed by atoms with E-state index in [1.807, 2.05) is 19.9 Å². The second-order valence-electron chi connectivity index (χ2n) is 5.23. The topological polar surface area (TPSA) is 100 Å². The SMILES string of the molecule is COCCn1c(C)cc(C(=O)CSc2nnc(SCC(N)=O)s2)c1C. The Morgan fingerprint density at radius 2 is 1.88 bits per heavy atom. The Kier molecular flexibility index (Phi) is 7.48. The van der Waals surface area contributed by atoms with Gasteiger partial charge in [0.1, 0.15) is 0 Å². The maximum Gasteiger partial charge on any atom is 0.227 e. The molecule has 0 spiro atoms. The monoisotopic (exact) mass is 400 g/mol. The van der Waals surface area contributed by atoms with E-state index in [0.717, 1.165) is 23.5 Å². The van der Waals surface area contributed by atoms with E-state index in [4.69, 9.17) is 10.5 Å². The molecule has 136 valence electrons. The van der Waals surface area contributed by atoms with Gasteiger partial charge >= 0.3 is 0 Å². The number of carbonyl (C=O) groups is 2. The summed E-state index contributed by atoms with van der Waals surface area (Å²) in [7, 11) is 1.66. The predicted molar refractivity (Wildman–Crippen MR) is 101 cm³/mol. The quantitative estimate of drug-likeness (QED) is 0.482. The Morgan fingerprint density at radius 1 is 1.24 bits per heavy atom. The number of amides is 1. The van der Waals surface area contributed by atoms with Gasteiger partial charge in [0.25, 0.3) is 0 Å². The molecule has 2 aromatic heterocycles. The highest BCUT2D eigenvalue weighted by Gasteiger charge is 2.17. The van der Waals surface area contributed by atoms with Crippen LogP contribution in [0.4, 0.5) is 0 Å². The molecule has 0 aliphatic rings. The third-order valence-corrected chi connectivity index (χ3v) is 6.66. The highest BCUT2D eigenvalue weighted by molar-refractivity contribution is 8.03. The Bertz CT molecular complexity index is 757. The molecule has 0 aliphatic carbocycles. The van der Waals surface area contributed by atoms with Crippen molar-refractivity contribution in [1.29, 1.82) is 0 Å². The molecule has 0 unspecified atom stereocenters. The third kappa shape index (κ3) is 5.56. The van der Waals surface area contributed by atoms with Crippen molar-refractivity contribution >= 4 is 46.6 Å². The van der Waals surface area contributed by atoms with Crippen LogP contribution >= 0.6 is 34.9 Å². The van der Waals surface area contributed by atoms with E-state index in [9.17, 15) is 9.59 Å². The molecule has 25 heavy (non-hydrogen) atoms. The average Bonchev–Trinajstić information content (AvgIpc) is 3.14. The summed E-state index contributed by atoms with van der Waals surface area (Å²) in [5.74, 6) is 0.131. The molecule has 0 fully saturated rings. The standard InChI is InChI=1S/C15H20N4O3S3/c1-9-6-11(10(2)19(9)4-5-22-3)12(20)7-23-14-17-18-15(25-14)24-8-13(16)21/h6H,4-5,7-8H2,1-3H3,(H2,16,21). The number of ether oxygens (including phenoxy) is 1. The highest BCUT2D eigenvalue weighted by Crippen LogP contribution is 2.29. The van der Waals surface area contributed by atoms with Crippen molar-refractivity contribution in [2.75, 3.05) is 25.2 Å². The summed E-state index contributed by atoms with van der Waals surface area (Å²) < 4.78 is 8.58. The zero-order chi connectivity index (χ0) is 18.4. The Morgan fingerprint density at radius 3 is 2.48 bits per heavy atom. The number of thioether (sulfide) groups is 2. The van der Waals surface area contributed by atoms with Gasteiger partial charge in [-0.05, 0) is 19.9 Å². The summed E-state index contributed by atoms with van der Waals surface area (Å²) in [5.41, 5.74) is 7.84. The van der Waals surface area contributed by atoms with Gasteiger partial charge in [-0.25, -0.2) is 0 Å². The molecule has 0 bridgehead atoms. The smallest absolute Gasteiger partial charge is 0.227 e. The molecular weight excluding hydrogens is 380 g/mol. The van der Waals surface area contributed by atoms with E-state index in [0.29, 0.717) is 21.0 Å². The van der Waals surface area contributed by atoms with Crippen LogP contribution in [0, 0.1) is 13.8 Å². The summed E-state index contributed by atoms with van der Waals surface area (Å²) >= 11 is 3.96. The minimum absolute atomic E-state index is 0.0586. The van der Waals surface area contributed by atoms with Crippen LogP contribution in [0.1, 0.15) is 21.7 Å². The Labute approximate surface area is 158 Å². The summed E-state index contributed by atoms with van der Waals surface area (Å²) in [6.07, 6.45) is 0. The number of aryl methyl sites for hydroxylation is 1. The molecular formula is C15H20N4O3S3. The first-order valence-corrected chi connectivity index (χ1v) is 10.3. The molecule has 2 aromatic rings. The second kappa shape index (κ2) is 9.37. The van der Waals surface area contributed by atoms with Crippen LogP contribution in [0.5, 0.6) is 0 Å². The summed E-state index contributed by atoms with van der Waals surface area (Å²) in [6.45, 7) is 5.27. The van der Waals surface area contributed by atoms with E-state index in [1.54, 1.807) is 7.11 Å². The first-order valence-electron chi connectivity index (χ1n) is 7.48. The fourth-order valence-electron chi connectivity index (χ4n) is 2.26. The predicted octanol–water partition coefficient (Wildman–Crippen LogP) is 2.16. The van der Waals surface area contributed by atoms with Crippen LogP contribution < -0.4 is 5.73 Å². The normalized spacial score (nSPS) is 11.0. The molecule has 7 nitrogen and oxygen atoms in total. The van der Waals surface area contributed by atoms with Crippen molar-refractivity contribution in [2.45, 2.75) is 29.1 Å². The van der Waals surface area contributed by atoms with Gasteiger partial charge in [0, 0.05) is 30.6 Å². The number of nitrogens with two attached hydrogens (primary N) is 1. The minimum Gasteiger partial charge on any atom is -0.383 e. The number of hydrogen-bond donors (Lipinski definition) is 1. The van der Waals surface area contributed by atoms with Crippen LogP contribution in [0.25, 0.3) is 0 Å². The summed E-state index contributed by atoms with van der Waals surface area (Å²) in [4.78, 5) is 23.3. The molecule has 0 saturated heterocycles. The molecule has 0 aliphatic heterocycles. The van der Waals surface area contributed by atoms with E-state index in [-0.39, 0.29) is 11.5 Å². The highest BCUT2D eigenvalue weighted by atomic mass is 32.2. The molecule has 1 amide bonds. The first-order chi connectivity index (χ1) is 11.9.